The van der Waals surface area contributed by atoms with Crippen LogP contribution < -0.4 is 4.74 Å². The van der Waals surface area contributed by atoms with Gasteiger partial charge in [-0.15, -0.1) is 0 Å². The van der Waals surface area contributed by atoms with Crippen molar-refractivity contribution in [3.8, 4) is 5.75 Å². The van der Waals surface area contributed by atoms with Crippen LogP contribution in [0.1, 0.15) is 32.6 Å². The molecule has 0 aliphatic carbocycles. The highest BCUT2D eigenvalue weighted by Gasteiger charge is 2.21. The van der Waals surface area contributed by atoms with Gasteiger partial charge >= 0.3 is 0 Å². The summed E-state index contributed by atoms with van der Waals surface area (Å²) >= 11 is 11.0. The zero-order chi connectivity index (χ0) is 15.7. The predicted octanol–water partition coefficient (Wildman–Crippen LogP) is 6.63. The molecule has 0 saturated heterocycles. The summed E-state index contributed by atoms with van der Waals surface area (Å²) in [6.45, 7) is 6.28. The molecule has 0 amide bonds. The highest BCUT2D eigenvalue weighted by Crippen LogP contribution is 2.43. The molecule has 1 nitrogen and oxygen atoms in total. The maximum atomic E-state index is 5.65. The standard InChI is InChI=1S/C17H17Br3O/c1-9-7-12(5-6-13(9)18)16(20)15-11(3)14(19)8-10(2)17(15)21-4/h5-8,16H,1-4H3. The third-order valence-corrected chi connectivity index (χ3v) is 6.34. The molecule has 0 heterocycles. The van der Waals surface area contributed by atoms with Gasteiger partial charge in [-0.1, -0.05) is 59.9 Å². The fourth-order valence-electron chi connectivity index (χ4n) is 2.44. The van der Waals surface area contributed by atoms with Crippen molar-refractivity contribution >= 4 is 47.8 Å². The second kappa shape index (κ2) is 6.84. The van der Waals surface area contributed by atoms with Crippen LogP contribution in [0.15, 0.2) is 33.2 Å². The molecule has 0 spiro atoms. The highest BCUT2D eigenvalue weighted by atomic mass is 79.9. The number of hydrogen-bond acceptors (Lipinski definition) is 1. The molecule has 2 aromatic carbocycles. The van der Waals surface area contributed by atoms with Gasteiger partial charge in [-0.05, 0) is 55.2 Å². The molecule has 4 heteroatoms. The molecule has 1 atom stereocenters. The minimum atomic E-state index is 0.0930. The predicted molar refractivity (Wildman–Crippen MR) is 99.8 cm³/mol. The van der Waals surface area contributed by atoms with E-state index in [1.54, 1.807) is 7.11 Å². The largest absolute Gasteiger partial charge is 0.496 e. The Morgan fingerprint density at radius 1 is 0.952 bits per heavy atom. The van der Waals surface area contributed by atoms with Crippen molar-refractivity contribution in [2.45, 2.75) is 25.6 Å². The topological polar surface area (TPSA) is 9.23 Å². The third kappa shape index (κ3) is 3.38. The van der Waals surface area contributed by atoms with Gasteiger partial charge in [0.2, 0.25) is 0 Å². The van der Waals surface area contributed by atoms with Gasteiger partial charge in [0.1, 0.15) is 5.75 Å². The lowest BCUT2D eigenvalue weighted by molar-refractivity contribution is 0.406. The van der Waals surface area contributed by atoms with Crippen LogP contribution in [0, 0.1) is 20.8 Å². The summed E-state index contributed by atoms with van der Waals surface area (Å²) in [5, 5.41) is 0. The van der Waals surface area contributed by atoms with E-state index in [2.05, 4.69) is 92.8 Å². The van der Waals surface area contributed by atoms with E-state index in [0.717, 1.165) is 20.3 Å². The van der Waals surface area contributed by atoms with Crippen LogP contribution in [-0.4, -0.2) is 7.11 Å². The van der Waals surface area contributed by atoms with E-state index in [1.807, 2.05) is 0 Å². The summed E-state index contributed by atoms with van der Waals surface area (Å²) in [4.78, 5) is 0.0930. The molecule has 0 radical (unpaired) electrons. The highest BCUT2D eigenvalue weighted by molar-refractivity contribution is 9.11. The van der Waals surface area contributed by atoms with E-state index >= 15 is 0 Å². The summed E-state index contributed by atoms with van der Waals surface area (Å²) in [6.07, 6.45) is 0. The molecule has 2 aromatic rings. The maximum Gasteiger partial charge on any atom is 0.126 e. The van der Waals surface area contributed by atoms with Crippen molar-refractivity contribution in [3.63, 3.8) is 0 Å². The van der Waals surface area contributed by atoms with Crippen LogP contribution in [0.2, 0.25) is 0 Å². The third-order valence-electron chi connectivity index (χ3n) is 3.64. The summed E-state index contributed by atoms with van der Waals surface area (Å²) in [7, 11) is 1.73. The first-order valence-corrected chi connectivity index (χ1v) is 9.10. The second-order valence-corrected chi connectivity index (χ2v) is 7.74. The van der Waals surface area contributed by atoms with Crippen LogP contribution in [0.25, 0.3) is 0 Å². The van der Waals surface area contributed by atoms with Crippen LogP contribution in [0.5, 0.6) is 5.75 Å². The zero-order valence-electron chi connectivity index (χ0n) is 12.4. The number of hydrogen-bond donors (Lipinski definition) is 0. The molecular formula is C17H17Br3O. The lowest BCUT2D eigenvalue weighted by atomic mass is 9.96. The Kier molecular flexibility index (Phi) is 5.55. The molecule has 0 bridgehead atoms. The van der Waals surface area contributed by atoms with Crippen molar-refractivity contribution in [3.05, 3.63) is 61.0 Å². The Morgan fingerprint density at radius 3 is 2.19 bits per heavy atom. The molecule has 21 heavy (non-hydrogen) atoms. The van der Waals surface area contributed by atoms with Crippen molar-refractivity contribution in [1.82, 2.24) is 0 Å². The van der Waals surface area contributed by atoms with Gasteiger partial charge in [0.15, 0.2) is 0 Å². The molecule has 0 fully saturated rings. The zero-order valence-corrected chi connectivity index (χ0v) is 17.2. The smallest absolute Gasteiger partial charge is 0.126 e. The molecule has 0 saturated carbocycles. The number of rotatable bonds is 3. The Labute approximate surface area is 151 Å². The quantitative estimate of drug-likeness (QED) is 0.452. The molecule has 0 aliphatic heterocycles. The SMILES string of the molecule is COc1c(C)cc(Br)c(C)c1C(Br)c1ccc(Br)c(C)c1. The number of alkyl halides is 1. The van der Waals surface area contributed by atoms with Gasteiger partial charge in [0.05, 0.1) is 11.9 Å². The fourth-order valence-corrected chi connectivity index (χ4v) is 4.08. The van der Waals surface area contributed by atoms with Gasteiger partial charge in [-0.25, -0.2) is 0 Å². The Bertz CT molecular complexity index is 680. The monoisotopic (exact) mass is 474 g/mol. The molecule has 2 rings (SSSR count). The first-order chi connectivity index (χ1) is 9.86. The van der Waals surface area contributed by atoms with Gasteiger partial charge in [-0.3, -0.25) is 0 Å². The second-order valence-electron chi connectivity index (χ2n) is 5.12. The van der Waals surface area contributed by atoms with E-state index < -0.39 is 0 Å². The Morgan fingerprint density at radius 2 is 1.62 bits per heavy atom. The van der Waals surface area contributed by atoms with Crippen molar-refractivity contribution in [1.29, 1.82) is 0 Å². The normalized spacial score (nSPS) is 12.3. The molecule has 0 N–H and O–H groups in total. The molecule has 112 valence electrons. The lowest BCUT2D eigenvalue weighted by Gasteiger charge is -2.21. The maximum absolute atomic E-state index is 5.65. The molecule has 0 aliphatic rings. The first-order valence-electron chi connectivity index (χ1n) is 6.60. The summed E-state index contributed by atoms with van der Waals surface area (Å²) in [5.41, 5.74) is 5.93. The van der Waals surface area contributed by atoms with Gasteiger partial charge in [0, 0.05) is 14.5 Å². The number of aryl methyl sites for hydroxylation is 2. The van der Waals surface area contributed by atoms with Gasteiger partial charge in [0.25, 0.3) is 0 Å². The van der Waals surface area contributed by atoms with Crippen molar-refractivity contribution in [2.24, 2.45) is 0 Å². The van der Waals surface area contributed by atoms with E-state index in [1.165, 1.54) is 22.3 Å². The van der Waals surface area contributed by atoms with Crippen LogP contribution >= 0.6 is 47.8 Å². The first kappa shape index (κ1) is 17.0. The molecule has 0 aromatic heterocycles. The fraction of sp³-hybridized carbons (Fsp3) is 0.294. The lowest BCUT2D eigenvalue weighted by Crippen LogP contribution is -2.03. The average Bonchev–Trinajstić information content (AvgIpc) is 2.44. The summed E-state index contributed by atoms with van der Waals surface area (Å²) in [5.74, 6) is 0.943. The average molecular weight is 477 g/mol. The van der Waals surface area contributed by atoms with Gasteiger partial charge in [-0.2, -0.15) is 0 Å². The number of halogens is 3. The van der Waals surface area contributed by atoms with E-state index in [4.69, 9.17) is 4.74 Å². The minimum absolute atomic E-state index is 0.0930. The van der Waals surface area contributed by atoms with E-state index in [9.17, 15) is 0 Å². The van der Waals surface area contributed by atoms with Gasteiger partial charge < -0.3 is 4.74 Å². The minimum Gasteiger partial charge on any atom is -0.496 e. The number of methoxy groups -OCH3 is 1. The molecule has 1 unspecified atom stereocenters. The van der Waals surface area contributed by atoms with Crippen LogP contribution in [0.4, 0.5) is 0 Å². The van der Waals surface area contributed by atoms with E-state index in [-0.39, 0.29) is 4.83 Å². The number of benzene rings is 2. The Balaban J connectivity index is 2.62. The molecular weight excluding hydrogens is 460 g/mol. The number of ether oxygens (including phenoxy) is 1. The van der Waals surface area contributed by atoms with Crippen LogP contribution in [-0.2, 0) is 0 Å². The van der Waals surface area contributed by atoms with Crippen molar-refractivity contribution in [2.75, 3.05) is 7.11 Å². The van der Waals surface area contributed by atoms with Crippen molar-refractivity contribution < 1.29 is 4.74 Å². The van der Waals surface area contributed by atoms with E-state index in [0.29, 0.717) is 0 Å². The van der Waals surface area contributed by atoms with Crippen LogP contribution in [0.3, 0.4) is 0 Å². The summed E-state index contributed by atoms with van der Waals surface area (Å²) < 4.78 is 7.88. The Hall–Kier alpha value is -0.320. The summed E-state index contributed by atoms with van der Waals surface area (Å²) in [6, 6.07) is 8.51.